The Bertz CT molecular complexity index is 560. The minimum Gasteiger partial charge on any atom is -0.494 e. The highest BCUT2D eigenvalue weighted by Gasteiger charge is 2.48. The van der Waals surface area contributed by atoms with Gasteiger partial charge in [0.15, 0.2) is 11.6 Å². The summed E-state index contributed by atoms with van der Waals surface area (Å²) in [5.41, 5.74) is 0.145. The Morgan fingerprint density at radius 2 is 1.90 bits per heavy atom. The molecular weight excluding hydrogens is 269 g/mol. The van der Waals surface area contributed by atoms with Gasteiger partial charge in [0.25, 0.3) is 0 Å². The topological polar surface area (TPSA) is 84.9 Å². The largest absolute Gasteiger partial charge is 0.494 e. The molecule has 2 atom stereocenters. The summed E-state index contributed by atoms with van der Waals surface area (Å²) in [6.07, 6.45) is 0.294. The van der Waals surface area contributed by atoms with Crippen LogP contribution in [0.15, 0.2) is 12.1 Å². The van der Waals surface area contributed by atoms with Gasteiger partial charge in [0.05, 0.1) is 31.7 Å². The van der Waals surface area contributed by atoms with Gasteiger partial charge >= 0.3 is 5.97 Å². The molecule has 1 aromatic rings. The van der Waals surface area contributed by atoms with E-state index in [-0.39, 0.29) is 17.2 Å². The van der Waals surface area contributed by atoms with Crippen LogP contribution in [0, 0.1) is 17.7 Å². The van der Waals surface area contributed by atoms with Crippen LogP contribution in [0.3, 0.4) is 0 Å². The van der Waals surface area contributed by atoms with Crippen LogP contribution in [0.25, 0.3) is 0 Å². The van der Waals surface area contributed by atoms with Crippen molar-refractivity contribution >= 4 is 17.6 Å². The normalized spacial score (nSPS) is 20.1. The molecule has 2 N–H and O–H groups in total. The third kappa shape index (κ3) is 2.66. The highest BCUT2D eigenvalue weighted by Crippen LogP contribution is 2.40. The van der Waals surface area contributed by atoms with Crippen LogP contribution in [-0.4, -0.2) is 31.2 Å². The zero-order valence-corrected chi connectivity index (χ0v) is 11.0. The molecule has 1 saturated carbocycles. The van der Waals surface area contributed by atoms with Gasteiger partial charge in [-0.25, -0.2) is 4.39 Å². The number of rotatable bonds is 5. The van der Waals surface area contributed by atoms with Crippen LogP contribution >= 0.6 is 0 Å². The lowest BCUT2D eigenvalue weighted by molar-refractivity contribution is -0.139. The minimum absolute atomic E-state index is 0.00492. The van der Waals surface area contributed by atoms with Crippen LogP contribution in [0.2, 0.25) is 0 Å². The number of carbonyl (C=O) groups is 2. The van der Waals surface area contributed by atoms with E-state index < -0.39 is 29.5 Å². The Balaban J connectivity index is 2.15. The van der Waals surface area contributed by atoms with Gasteiger partial charge in [-0.15, -0.1) is 0 Å². The summed E-state index contributed by atoms with van der Waals surface area (Å²) < 4.78 is 23.5. The van der Waals surface area contributed by atoms with Gasteiger partial charge in [0.1, 0.15) is 5.75 Å². The number of anilines is 1. The van der Waals surface area contributed by atoms with Crippen LogP contribution < -0.4 is 14.8 Å². The van der Waals surface area contributed by atoms with Crippen LogP contribution in [0.5, 0.6) is 11.5 Å². The van der Waals surface area contributed by atoms with Gasteiger partial charge in [-0.1, -0.05) is 0 Å². The second kappa shape index (κ2) is 5.36. The van der Waals surface area contributed by atoms with Gasteiger partial charge in [0.2, 0.25) is 5.91 Å². The number of hydrogen-bond donors (Lipinski definition) is 2. The minimum atomic E-state index is -1.00. The fourth-order valence-electron chi connectivity index (χ4n) is 1.94. The van der Waals surface area contributed by atoms with Gasteiger partial charge in [-0.2, -0.15) is 0 Å². The third-order valence-corrected chi connectivity index (χ3v) is 3.18. The molecular formula is C13H14FNO5. The van der Waals surface area contributed by atoms with Crippen molar-refractivity contribution in [2.24, 2.45) is 11.8 Å². The van der Waals surface area contributed by atoms with Crippen LogP contribution in [-0.2, 0) is 9.59 Å². The Kier molecular flexibility index (Phi) is 3.78. The highest BCUT2D eigenvalue weighted by molar-refractivity contribution is 5.99. The van der Waals surface area contributed by atoms with E-state index in [0.717, 1.165) is 6.07 Å². The summed E-state index contributed by atoms with van der Waals surface area (Å²) in [7, 11) is 2.69. The van der Waals surface area contributed by atoms with Crippen LogP contribution in [0.1, 0.15) is 6.42 Å². The molecule has 20 heavy (non-hydrogen) atoms. The smallest absolute Gasteiger partial charge is 0.307 e. The Hall–Kier alpha value is -2.31. The van der Waals surface area contributed by atoms with E-state index in [2.05, 4.69) is 5.32 Å². The summed E-state index contributed by atoms with van der Waals surface area (Å²) in [5.74, 6) is -3.11. The lowest BCUT2D eigenvalue weighted by atomic mass is 10.2. The zero-order chi connectivity index (χ0) is 14.9. The van der Waals surface area contributed by atoms with Gasteiger partial charge in [-0.3, -0.25) is 9.59 Å². The summed E-state index contributed by atoms with van der Waals surface area (Å²) in [6, 6.07) is 2.39. The quantitative estimate of drug-likeness (QED) is 0.855. The molecule has 0 aromatic heterocycles. The van der Waals surface area contributed by atoms with E-state index >= 15 is 0 Å². The first-order valence-corrected chi connectivity index (χ1v) is 5.93. The van der Waals surface area contributed by atoms with Crippen molar-refractivity contribution in [1.29, 1.82) is 0 Å². The standard InChI is InChI=1S/C13H14FNO5/c1-19-10-5-11(20-2)9(4-8(10)14)15-12(16)6-3-7(6)13(17)18/h4-7H,3H2,1-2H3,(H,15,16)(H,17,18)/t6-,7-/m1/s1. The van der Waals surface area contributed by atoms with Crippen molar-refractivity contribution in [3.05, 3.63) is 17.9 Å². The SMILES string of the molecule is COc1cc(OC)c(NC(=O)[C@@H]2C[C@H]2C(=O)O)cc1F. The number of benzene rings is 1. The van der Waals surface area contributed by atoms with Gasteiger partial charge < -0.3 is 19.9 Å². The number of nitrogens with one attached hydrogen (secondary N) is 1. The van der Waals surface area contributed by atoms with Gasteiger partial charge in [-0.05, 0) is 6.42 Å². The van der Waals surface area contributed by atoms with Gasteiger partial charge in [0, 0.05) is 12.1 Å². The van der Waals surface area contributed by atoms with Crippen LogP contribution in [0.4, 0.5) is 10.1 Å². The molecule has 1 aromatic carbocycles. The van der Waals surface area contributed by atoms with E-state index in [9.17, 15) is 14.0 Å². The van der Waals surface area contributed by atoms with Crippen molar-refractivity contribution < 1.29 is 28.6 Å². The fourth-order valence-corrected chi connectivity index (χ4v) is 1.94. The maximum atomic E-state index is 13.6. The fraction of sp³-hybridized carbons (Fsp3) is 0.385. The molecule has 1 aliphatic carbocycles. The molecule has 0 heterocycles. The number of aliphatic carboxylic acids is 1. The Labute approximate surface area is 114 Å². The number of ether oxygens (including phenoxy) is 2. The van der Waals surface area contributed by atoms with E-state index in [1.165, 1.54) is 20.3 Å². The maximum Gasteiger partial charge on any atom is 0.307 e. The first-order valence-electron chi connectivity index (χ1n) is 5.93. The summed E-state index contributed by atoms with van der Waals surface area (Å²) >= 11 is 0. The number of amides is 1. The molecule has 0 spiro atoms. The number of carboxylic acids is 1. The molecule has 0 bridgehead atoms. The molecule has 108 valence electrons. The third-order valence-electron chi connectivity index (χ3n) is 3.18. The molecule has 0 unspecified atom stereocenters. The van der Waals surface area contributed by atoms with E-state index in [0.29, 0.717) is 6.42 Å². The number of halogens is 1. The zero-order valence-electron chi connectivity index (χ0n) is 11.0. The van der Waals surface area contributed by atoms with Crippen molar-refractivity contribution in [1.82, 2.24) is 0 Å². The molecule has 2 rings (SSSR count). The summed E-state index contributed by atoms with van der Waals surface area (Å²) in [5, 5.41) is 11.2. The van der Waals surface area contributed by atoms with E-state index in [1.807, 2.05) is 0 Å². The number of carboxylic acid groups (broad SMARTS) is 1. The first kappa shape index (κ1) is 14.1. The molecule has 1 aliphatic rings. The molecule has 0 saturated heterocycles. The Morgan fingerprint density at radius 1 is 1.25 bits per heavy atom. The molecule has 0 radical (unpaired) electrons. The van der Waals surface area contributed by atoms with Crippen molar-refractivity contribution in [2.45, 2.75) is 6.42 Å². The average molecular weight is 283 g/mol. The molecule has 1 fully saturated rings. The number of methoxy groups -OCH3 is 2. The van der Waals surface area contributed by atoms with E-state index in [4.69, 9.17) is 14.6 Å². The molecule has 0 aliphatic heterocycles. The number of hydrogen-bond acceptors (Lipinski definition) is 4. The number of carbonyl (C=O) groups excluding carboxylic acids is 1. The summed E-state index contributed by atoms with van der Waals surface area (Å²) in [6.45, 7) is 0. The maximum absolute atomic E-state index is 13.6. The second-order valence-electron chi connectivity index (χ2n) is 4.46. The van der Waals surface area contributed by atoms with Crippen molar-refractivity contribution in [2.75, 3.05) is 19.5 Å². The van der Waals surface area contributed by atoms with Crippen molar-refractivity contribution in [3.63, 3.8) is 0 Å². The highest BCUT2D eigenvalue weighted by atomic mass is 19.1. The predicted octanol–water partition coefficient (Wildman–Crippen LogP) is 1.50. The average Bonchev–Trinajstić information content (AvgIpc) is 3.19. The lowest BCUT2D eigenvalue weighted by Crippen LogP contribution is -2.17. The first-order chi connectivity index (χ1) is 9.47. The van der Waals surface area contributed by atoms with Crippen molar-refractivity contribution in [3.8, 4) is 11.5 Å². The molecule has 7 heteroatoms. The predicted molar refractivity (Wildman–Crippen MR) is 67.4 cm³/mol. The van der Waals surface area contributed by atoms with E-state index in [1.54, 1.807) is 0 Å². The molecule has 6 nitrogen and oxygen atoms in total. The monoisotopic (exact) mass is 283 g/mol. The lowest BCUT2D eigenvalue weighted by Gasteiger charge is -2.12. The summed E-state index contributed by atoms with van der Waals surface area (Å²) in [4.78, 5) is 22.5. The molecule has 1 amide bonds. The Morgan fingerprint density at radius 3 is 2.40 bits per heavy atom. The second-order valence-corrected chi connectivity index (χ2v) is 4.46.